The average Bonchev–Trinajstić information content (AvgIpc) is 2.93. The number of thioether (sulfide) groups is 1. The second-order valence-corrected chi connectivity index (χ2v) is 11.3. The summed E-state index contributed by atoms with van der Waals surface area (Å²) in [4.78, 5) is 8.28. The molecule has 194 valence electrons. The number of aliphatic hydroxyl groups excluding tert-OH is 1. The van der Waals surface area contributed by atoms with Crippen LogP contribution in [0.25, 0.3) is 10.9 Å². The minimum absolute atomic E-state index is 0.0127. The van der Waals surface area contributed by atoms with E-state index >= 15 is 0 Å². The Balaban J connectivity index is 1.24. The van der Waals surface area contributed by atoms with Crippen LogP contribution < -0.4 is 9.47 Å². The number of pyridine rings is 1. The fourth-order valence-electron chi connectivity index (χ4n) is 5.13. The lowest BCUT2D eigenvalue weighted by Gasteiger charge is -2.41. The summed E-state index contributed by atoms with van der Waals surface area (Å²) >= 11 is 8.44. The van der Waals surface area contributed by atoms with Gasteiger partial charge in [0, 0.05) is 23.1 Å². The first-order valence-electron chi connectivity index (χ1n) is 12.8. The molecular formula is C29H37ClN2O3S. The third kappa shape index (κ3) is 6.86. The number of fused-ring (bicyclic) bond motifs is 1. The first-order valence-corrected chi connectivity index (χ1v) is 14.1. The van der Waals surface area contributed by atoms with Gasteiger partial charge in [-0.1, -0.05) is 17.7 Å². The number of piperidine rings is 1. The highest BCUT2D eigenvalue weighted by Crippen LogP contribution is 2.37. The Labute approximate surface area is 224 Å². The smallest absolute Gasteiger partial charge is 0.119 e. The molecule has 1 aliphatic heterocycles. The fraction of sp³-hybridized carbons (Fsp3) is 0.483. The van der Waals surface area contributed by atoms with Crippen LogP contribution in [0.15, 0.2) is 53.6 Å². The maximum atomic E-state index is 10.3. The van der Waals surface area contributed by atoms with E-state index in [4.69, 9.17) is 21.1 Å². The van der Waals surface area contributed by atoms with Crippen molar-refractivity contribution in [1.29, 1.82) is 0 Å². The van der Waals surface area contributed by atoms with Crippen molar-refractivity contribution in [1.82, 2.24) is 9.88 Å². The highest BCUT2D eigenvalue weighted by atomic mass is 35.5. The number of halogens is 1. The summed E-state index contributed by atoms with van der Waals surface area (Å²) in [7, 11) is 3.38. The van der Waals surface area contributed by atoms with Crippen LogP contribution >= 0.6 is 23.4 Å². The minimum Gasteiger partial charge on any atom is -0.497 e. The maximum absolute atomic E-state index is 10.3. The van der Waals surface area contributed by atoms with Gasteiger partial charge in [0.1, 0.15) is 11.5 Å². The van der Waals surface area contributed by atoms with Crippen molar-refractivity contribution in [2.75, 3.05) is 46.2 Å². The Morgan fingerprint density at radius 2 is 1.83 bits per heavy atom. The Hall–Kier alpha value is -1.99. The summed E-state index contributed by atoms with van der Waals surface area (Å²) in [5.74, 6) is 2.82. The maximum Gasteiger partial charge on any atom is 0.119 e. The van der Waals surface area contributed by atoms with E-state index in [9.17, 15) is 5.11 Å². The highest BCUT2D eigenvalue weighted by molar-refractivity contribution is 7.99. The van der Waals surface area contributed by atoms with Crippen molar-refractivity contribution < 1.29 is 14.6 Å². The number of aromatic nitrogens is 1. The molecule has 1 aliphatic rings. The molecule has 0 spiro atoms. The quantitative estimate of drug-likeness (QED) is 0.214. The third-order valence-corrected chi connectivity index (χ3v) is 8.85. The van der Waals surface area contributed by atoms with Crippen molar-refractivity contribution in [3.05, 3.63) is 59.2 Å². The first-order chi connectivity index (χ1) is 17.6. The largest absolute Gasteiger partial charge is 0.497 e. The van der Waals surface area contributed by atoms with E-state index in [2.05, 4.69) is 22.0 Å². The van der Waals surface area contributed by atoms with Crippen molar-refractivity contribution >= 4 is 34.3 Å². The van der Waals surface area contributed by atoms with Crippen LogP contribution in [0.4, 0.5) is 0 Å². The van der Waals surface area contributed by atoms with Gasteiger partial charge >= 0.3 is 0 Å². The molecule has 2 aromatic carbocycles. The number of nitrogens with zero attached hydrogens (tertiary/aromatic N) is 2. The molecule has 3 aromatic rings. The van der Waals surface area contributed by atoms with Crippen molar-refractivity contribution in [3.63, 3.8) is 0 Å². The number of methoxy groups -OCH3 is 2. The van der Waals surface area contributed by atoms with Crippen LogP contribution in [0, 0.1) is 5.41 Å². The molecule has 7 heteroatoms. The normalized spacial score (nSPS) is 15.8. The molecule has 36 heavy (non-hydrogen) atoms. The standard InChI is InChI=1S/C29H37ClN2O3S/c1-34-22-6-3-7-24(18-22)36-17-5-14-32-15-12-29(21-33,13-16-32)11-4-8-25-26-19-23(35-2)9-10-28(26)31-20-27(25)30/h3,6-7,9-10,18-20,33H,4-5,8,11-17,21H2,1-2H3. The van der Waals surface area contributed by atoms with E-state index in [1.165, 1.54) is 4.90 Å². The number of hydrogen-bond donors (Lipinski definition) is 1. The summed E-state index contributed by atoms with van der Waals surface area (Å²) in [5.41, 5.74) is 2.07. The Kier molecular flexibility index (Phi) is 9.77. The summed E-state index contributed by atoms with van der Waals surface area (Å²) in [6.07, 6.45) is 7.87. The number of likely N-dealkylation sites (tertiary alicyclic amines) is 1. The number of ether oxygens (including phenoxy) is 2. The molecule has 0 amide bonds. The van der Waals surface area contributed by atoms with E-state index in [1.807, 2.05) is 42.1 Å². The first kappa shape index (κ1) is 27.1. The molecule has 0 saturated carbocycles. The molecule has 5 nitrogen and oxygen atoms in total. The van der Waals surface area contributed by atoms with Crippen LogP contribution in [0.5, 0.6) is 11.5 Å². The van der Waals surface area contributed by atoms with Gasteiger partial charge < -0.3 is 19.5 Å². The van der Waals surface area contributed by atoms with E-state index < -0.39 is 0 Å². The number of hydrogen-bond acceptors (Lipinski definition) is 6. The average molecular weight is 529 g/mol. The van der Waals surface area contributed by atoms with Gasteiger partial charge in [0.25, 0.3) is 0 Å². The van der Waals surface area contributed by atoms with Gasteiger partial charge in [-0.3, -0.25) is 4.98 Å². The molecule has 2 heterocycles. The molecule has 4 rings (SSSR count). The van der Waals surface area contributed by atoms with Gasteiger partial charge in [0.2, 0.25) is 0 Å². The van der Waals surface area contributed by atoms with E-state index in [0.717, 1.165) is 91.9 Å². The lowest BCUT2D eigenvalue weighted by atomic mass is 9.75. The zero-order valence-electron chi connectivity index (χ0n) is 21.3. The van der Waals surface area contributed by atoms with Gasteiger partial charge in [-0.15, -0.1) is 11.8 Å². The Morgan fingerprint density at radius 3 is 2.58 bits per heavy atom. The second-order valence-electron chi connectivity index (χ2n) is 9.70. The summed E-state index contributed by atoms with van der Waals surface area (Å²) in [5, 5.41) is 12.1. The van der Waals surface area contributed by atoms with Gasteiger partial charge in [-0.2, -0.15) is 0 Å². The number of benzene rings is 2. The SMILES string of the molecule is COc1cccc(SCCCN2CCC(CO)(CCCc3c(Cl)cnc4ccc(OC)cc34)CC2)c1. The number of rotatable bonds is 12. The predicted octanol–water partition coefficient (Wildman–Crippen LogP) is 6.49. The molecule has 1 saturated heterocycles. The molecule has 1 fully saturated rings. The van der Waals surface area contributed by atoms with Gasteiger partial charge in [0.05, 0.1) is 24.8 Å². The van der Waals surface area contributed by atoms with Crippen LogP contribution in [-0.2, 0) is 6.42 Å². The van der Waals surface area contributed by atoms with Crippen LogP contribution in [-0.4, -0.2) is 61.2 Å². The second kappa shape index (κ2) is 13.0. The zero-order chi connectivity index (χ0) is 25.4. The van der Waals surface area contributed by atoms with E-state index in [0.29, 0.717) is 5.02 Å². The fourth-order valence-corrected chi connectivity index (χ4v) is 6.26. The van der Waals surface area contributed by atoms with Crippen LogP contribution in [0.3, 0.4) is 0 Å². The van der Waals surface area contributed by atoms with Crippen molar-refractivity contribution in [2.24, 2.45) is 5.41 Å². The number of aryl methyl sites for hydroxylation is 1. The third-order valence-electron chi connectivity index (χ3n) is 7.45. The summed E-state index contributed by atoms with van der Waals surface area (Å²) in [6, 6.07) is 14.2. The lowest BCUT2D eigenvalue weighted by Crippen LogP contribution is -2.42. The molecule has 1 aromatic heterocycles. The zero-order valence-corrected chi connectivity index (χ0v) is 22.9. The Bertz CT molecular complexity index is 1130. The van der Waals surface area contributed by atoms with Crippen molar-refractivity contribution in [2.45, 2.75) is 43.4 Å². The van der Waals surface area contributed by atoms with Gasteiger partial charge in [-0.05, 0) is 111 Å². The lowest BCUT2D eigenvalue weighted by molar-refractivity contribution is 0.0358. The molecule has 0 bridgehead atoms. The Morgan fingerprint density at radius 1 is 1.06 bits per heavy atom. The van der Waals surface area contributed by atoms with Gasteiger partial charge in [-0.25, -0.2) is 0 Å². The van der Waals surface area contributed by atoms with Crippen LogP contribution in [0.1, 0.15) is 37.7 Å². The predicted molar refractivity (Wildman–Crippen MR) is 150 cm³/mol. The van der Waals surface area contributed by atoms with E-state index in [-0.39, 0.29) is 12.0 Å². The monoisotopic (exact) mass is 528 g/mol. The van der Waals surface area contributed by atoms with E-state index in [1.54, 1.807) is 20.4 Å². The van der Waals surface area contributed by atoms with Crippen molar-refractivity contribution in [3.8, 4) is 11.5 Å². The van der Waals surface area contributed by atoms with Gasteiger partial charge in [0.15, 0.2) is 0 Å². The molecule has 0 unspecified atom stereocenters. The minimum atomic E-state index is 0.0127. The molecule has 0 aliphatic carbocycles. The summed E-state index contributed by atoms with van der Waals surface area (Å²) < 4.78 is 10.7. The number of aliphatic hydroxyl groups is 1. The van der Waals surface area contributed by atoms with Crippen LogP contribution in [0.2, 0.25) is 5.02 Å². The molecular weight excluding hydrogens is 492 g/mol. The molecule has 0 atom stereocenters. The molecule has 1 N–H and O–H groups in total. The molecule has 0 radical (unpaired) electrons. The highest BCUT2D eigenvalue weighted by Gasteiger charge is 2.33. The summed E-state index contributed by atoms with van der Waals surface area (Å²) in [6.45, 7) is 3.48. The topological polar surface area (TPSA) is 54.8 Å².